The largest absolute Gasteiger partial charge is 0.458 e. The summed E-state index contributed by atoms with van der Waals surface area (Å²) in [5.41, 5.74) is 0.275. The highest BCUT2D eigenvalue weighted by molar-refractivity contribution is 5.86. The summed E-state index contributed by atoms with van der Waals surface area (Å²) < 4.78 is 5.32. The fraction of sp³-hybridized carbons (Fsp3) is 0.667. The lowest BCUT2D eigenvalue weighted by Gasteiger charge is -2.12. The van der Waals surface area contributed by atoms with Gasteiger partial charge >= 0.3 is 5.97 Å². The van der Waals surface area contributed by atoms with E-state index in [-0.39, 0.29) is 17.8 Å². The van der Waals surface area contributed by atoms with Gasteiger partial charge in [-0.1, -0.05) is 39.0 Å². The Balaban J connectivity index is 2.14. The van der Waals surface area contributed by atoms with Crippen molar-refractivity contribution in [3.8, 4) is 0 Å². The van der Waals surface area contributed by atoms with Gasteiger partial charge in [-0.15, -0.1) is 0 Å². The summed E-state index contributed by atoms with van der Waals surface area (Å²) in [5, 5.41) is 0. The second kappa shape index (κ2) is 9.48. The maximum Gasteiger partial charge on any atom is 0.358 e. The molecule has 0 radical (unpaired) electrons. The Morgan fingerprint density at radius 2 is 1.95 bits per heavy atom. The molecule has 0 N–H and O–H groups in total. The zero-order valence-electron chi connectivity index (χ0n) is 12.0. The van der Waals surface area contributed by atoms with Crippen LogP contribution in [-0.2, 0) is 4.74 Å². The van der Waals surface area contributed by atoms with Gasteiger partial charge in [0.25, 0.3) is 0 Å². The van der Waals surface area contributed by atoms with Crippen LogP contribution < -0.4 is 0 Å². The molecule has 0 amide bonds. The number of esters is 1. The Bertz CT molecular complexity index is 354. The summed E-state index contributed by atoms with van der Waals surface area (Å²) in [4.78, 5) is 19.5. The first-order valence-electron chi connectivity index (χ1n) is 7.21. The van der Waals surface area contributed by atoms with E-state index < -0.39 is 0 Å². The average molecular weight is 264 g/mol. The van der Waals surface area contributed by atoms with Gasteiger partial charge in [-0.25, -0.2) is 9.78 Å². The maximum atomic E-state index is 11.7. The Labute approximate surface area is 115 Å². The Kier molecular flexibility index (Phi) is 7.78. The van der Waals surface area contributed by atoms with Crippen molar-refractivity contribution in [2.45, 2.75) is 64.9 Å². The van der Waals surface area contributed by atoms with Gasteiger partial charge in [0.1, 0.15) is 0 Å². The molecule has 1 atom stereocenters. The molecule has 1 unspecified atom stereocenters. The molecule has 0 fully saturated rings. The number of ether oxygens (including phenoxy) is 1. The highest BCUT2D eigenvalue weighted by Gasteiger charge is 2.12. The quantitative estimate of drug-likeness (QED) is 0.503. The van der Waals surface area contributed by atoms with E-state index in [1.54, 1.807) is 0 Å². The minimum Gasteiger partial charge on any atom is -0.458 e. The molecular formula is C15H24N2O2. The topological polar surface area (TPSA) is 52.1 Å². The number of carbonyl (C=O) groups is 1. The van der Waals surface area contributed by atoms with Gasteiger partial charge < -0.3 is 4.74 Å². The Morgan fingerprint density at radius 3 is 2.63 bits per heavy atom. The van der Waals surface area contributed by atoms with Gasteiger partial charge in [-0.05, 0) is 19.8 Å². The van der Waals surface area contributed by atoms with Crippen LogP contribution in [-0.4, -0.2) is 22.0 Å². The molecular weight excluding hydrogens is 240 g/mol. The molecule has 0 aromatic carbocycles. The predicted molar refractivity (Wildman–Crippen MR) is 74.9 cm³/mol. The lowest BCUT2D eigenvalue weighted by atomic mass is 10.1. The van der Waals surface area contributed by atoms with Crippen molar-refractivity contribution in [1.29, 1.82) is 0 Å². The molecule has 1 rings (SSSR count). The second-order valence-corrected chi connectivity index (χ2v) is 4.86. The number of carbonyl (C=O) groups excluding carboxylic acids is 1. The number of nitrogens with zero attached hydrogens (tertiary/aromatic N) is 2. The third-order valence-electron chi connectivity index (χ3n) is 3.04. The van der Waals surface area contributed by atoms with E-state index in [0.717, 1.165) is 12.8 Å². The van der Waals surface area contributed by atoms with Crippen molar-refractivity contribution in [3.05, 3.63) is 24.3 Å². The van der Waals surface area contributed by atoms with Gasteiger partial charge in [-0.3, -0.25) is 4.98 Å². The average Bonchev–Trinajstić information content (AvgIpc) is 2.43. The minimum atomic E-state index is -0.383. The Morgan fingerprint density at radius 1 is 1.21 bits per heavy atom. The summed E-state index contributed by atoms with van der Waals surface area (Å²) >= 11 is 0. The molecule has 0 saturated heterocycles. The number of aromatic nitrogens is 2. The van der Waals surface area contributed by atoms with Gasteiger partial charge in [-0.2, -0.15) is 0 Å². The summed E-state index contributed by atoms with van der Waals surface area (Å²) in [6, 6.07) is 0. The molecule has 1 aromatic rings. The van der Waals surface area contributed by atoms with Gasteiger partial charge in [0.2, 0.25) is 0 Å². The number of hydrogen-bond donors (Lipinski definition) is 0. The first kappa shape index (κ1) is 15.6. The summed E-state index contributed by atoms with van der Waals surface area (Å²) in [6.45, 7) is 4.15. The molecule has 0 bridgehead atoms. The van der Waals surface area contributed by atoms with Crippen molar-refractivity contribution in [2.75, 3.05) is 0 Å². The molecule has 4 heteroatoms. The summed E-state index contributed by atoms with van der Waals surface area (Å²) in [5.74, 6) is -0.383. The number of rotatable bonds is 9. The van der Waals surface area contributed by atoms with Crippen LogP contribution in [0.5, 0.6) is 0 Å². The zero-order valence-corrected chi connectivity index (χ0v) is 12.0. The molecule has 106 valence electrons. The molecule has 0 saturated carbocycles. The molecule has 0 spiro atoms. The van der Waals surface area contributed by atoms with Crippen molar-refractivity contribution < 1.29 is 9.53 Å². The monoisotopic (exact) mass is 264 g/mol. The van der Waals surface area contributed by atoms with Crippen LogP contribution in [0.4, 0.5) is 0 Å². The van der Waals surface area contributed by atoms with E-state index in [1.165, 1.54) is 50.7 Å². The van der Waals surface area contributed by atoms with E-state index in [2.05, 4.69) is 16.9 Å². The van der Waals surface area contributed by atoms with Gasteiger partial charge in [0.05, 0.1) is 12.3 Å². The lowest BCUT2D eigenvalue weighted by molar-refractivity contribution is 0.0312. The van der Waals surface area contributed by atoms with E-state index in [9.17, 15) is 4.79 Å². The van der Waals surface area contributed by atoms with Crippen LogP contribution in [0.2, 0.25) is 0 Å². The highest BCUT2D eigenvalue weighted by atomic mass is 16.5. The first-order chi connectivity index (χ1) is 9.24. The SMILES string of the molecule is CCCCCCCCC(C)OC(=O)c1cnccn1. The highest BCUT2D eigenvalue weighted by Crippen LogP contribution is 2.11. The first-order valence-corrected chi connectivity index (χ1v) is 7.21. The van der Waals surface area contributed by atoms with Gasteiger partial charge in [0, 0.05) is 12.4 Å². The van der Waals surface area contributed by atoms with Crippen LogP contribution in [0, 0.1) is 0 Å². The van der Waals surface area contributed by atoms with E-state index in [4.69, 9.17) is 4.74 Å². The molecule has 4 nitrogen and oxygen atoms in total. The standard InChI is InChI=1S/C15H24N2O2/c1-3-4-5-6-7-8-9-13(2)19-15(18)14-12-16-10-11-17-14/h10-13H,3-9H2,1-2H3. The summed E-state index contributed by atoms with van der Waals surface area (Å²) in [7, 11) is 0. The van der Waals surface area contributed by atoms with Crippen LogP contribution in [0.15, 0.2) is 18.6 Å². The molecule has 0 aliphatic carbocycles. The lowest BCUT2D eigenvalue weighted by Crippen LogP contribution is -2.16. The van der Waals surface area contributed by atoms with Crippen LogP contribution >= 0.6 is 0 Å². The van der Waals surface area contributed by atoms with E-state index in [1.807, 2.05) is 6.92 Å². The van der Waals surface area contributed by atoms with E-state index >= 15 is 0 Å². The zero-order chi connectivity index (χ0) is 13.9. The molecule has 0 aliphatic heterocycles. The molecule has 19 heavy (non-hydrogen) atoms. The second-order valence-electron chi connectivity index (χ2n) is 4.86. The third kappa shape index (κ3) is 6.89. The minimum absolute atomic E-state index is 0.0549. The van der Waals surface area contributed by atoms with E-state index in [0.29, 0.717) is 0 Å². The maximum absolute atomic E-state index is 11.7. The normalized spacial score (nSPS) is 12.1. The predicted octanol–water partition coefficient (Wildman–Crippen LogP) is 3.77. The smallest absolute Gasteiger partial charge is 0.358 e. The fourth-order valence-electron chi connectivity index (χ4n) is 1.92. The van der Waals surface area contributed by atoms with Crippen LogP contribution in [0.3, 0.4) is 0 Å². The molecule has 1 aromatic heterocycles. The fourth-order valence-corrected chi connectivity index (χ4v) is 1.92. The van der Waals surface area contributed by atoms with Crippen molar-refractivity contribution in [3.63, 3.8) is 0 Å². The van der Waals surface area contributed by atoms with Crippen LogP contribution in [0.25, 0.3) is 0 Å². The Hall–Kier alpha value is -1.45. The van der Waals surface area contributed by atoms with Crippen molar-refractivity contribution in [1.82, 2.24) is 9.97 Å². The summed E-state index contributed by atoms with van der Waals surface area (Å²) in [6.07, 6.45) is 12.8. The van der Waals surface area contributed by atoms with Gasteiger partial charge in [0.15, 0.2) is 5.69 Å². The van der Waals surface area contributed by atoms with Crippen molar-refractivity contribution >= 4 is 5.97 Å². The third-order valence-corrected chi connectivity index (χ3v) is 3.04. The van der Waals surface area contributed by atoms with Crippen molar-refractivity contribution in [2.24, 2.45) is 0 Å². The van der Waals surface area contributed by atoms with Crippen LogP contribution in [0.1, 0.15) is 69.3 Å². The molecule has 1 heterocycles. The number of unbranched alkanes of at least 4 members (excludes halogenated alkanes) is 5. The molecule has 0 aliphatic rings. The number of hydrogen-bond acceptors (Lipinski definition) is 4.